The van der Waals surface area contributed by atoms with E-state index < -0.39 is 0 Å². The molecule has 3 heterocycles. The van der Waals surface area contributed by atoms with Crippen LogP contribution in [0.1, 0.15) is 22.8 Å². The fraction of sp³-hybridized carbons (Fsp3) is 0.143. The maximum atomic E-state index is 9.50. The van der Waals surface area contributed by atoms with Crippen molar-refractivity contribution in [2.45, 2.75) is 20.1 Å². The molecule has 7 nitrogen and oxygen atoms in total. The van der Waals surface area contributed by atoms with E-state index in [1.807, 2.05) is 58.5 Å². The summed E-state index contributed by atoms with van der Waals surface area (Å²) in [5, 5.41) is 18.3. The van der Waals surface area contributed by atoms with Crippen LogP contribution >= 0.6 is 0 Å². The number of ether oxygens (including phenoxy) is 1. The predicted molar refractivity (Wildman–Crippen MR) is 102 cm³/mol. The average molecular weight is 368 g/mol. The first-order valence-electron chi connectivity index (χ1n) is 8.92. The van der Waals surface area contributed by atoms with Crippen molar-refractivity contribution in [3.63, 3.8) is 0 Å². The second-order valence-corrected chi connectivity index (χ2v) is 6.67. The van der Waals surface area contributed by atoms with Crippen molar-refractivity contribution in [2.75, 3.05) is 0 Å². The molecular formula is C21H16N6O. The Hall–Kier alpha value is -3.92. The third-order valence-corrected chi connectivity index (χ3v) is 4.87. The largest absolute Gasteiger partial charge is 0.486 e. The molecule has 0 radical (unpaired) electrons. The summed E-state index contributed by atoms with van der Waals surface area (Å²) >= 11 is 0. The lowest BCUT2D eigenvalue weighted by Gasteiger charge is -2.09. The second kappa shape index (κ2) is 6.35. The van der Waals surface area contributed by atoms with Crippen LogP contribution in [0.5, 0.6) is 5.75 Å². The number of imidazole rings is 1. The number of benzene rings is 2. The van der Waals surface area contributed by atoms with Crippen molar-refractivity contribution in [2.24, 2.45) is 0 Å². The highest BCUT2D eigenvalue weighted by Gasteiger charge is 2.26. The van der Waals surface area contributed by atoms with E-state index in [9.17, 15) is 5.26 Å². The lowest BCUT2D eigenvalue weighted by Crippen LogP contribution is -2.10. The van der Waals surface area contributed by atoms with Crippen molar-refractivity contribution < 1.29 is 4.74 Å². The molecule has 2 aromatic carbocycles. The van der Waals surface area contributed by atoms with Crippen molar-refractivity contribution in [1.29, 1.82) is 5.26 Å². The van der Waals surface area contributed by atoms with Crippen LogP contribution in [0.3, 0.4) is 0 Å². The Balaban J connectivity index is 1.63. The summed E-state index contributed by atoms with van der Waals surface area (Å²) in [6.07, 6.45) is 1.70. The molecule has 0 N–H and O–H groups in total. The van der Waals surface area contributed by atoms with E-state index in [2.05, 4.69) is 27.3 Å². The van der Waals surface area contributed by atoms with Gasteiger partial charge in [-0.25, -0.2) is 4.98 Å². The molecule has 28 heavy (non-hydrogen) atoms. The zero-order valence-electron chi connectivity index (χ0n) is 15.2. The fourth-order valence-corrected chi connectivity index (χ4v) is 3.49. The second-order valence-electron chi connectivity index (χ2n) is 6.67. The first-order chi connectivity index (χ1) is 13.7. The number of fused-ring (bicyclic) bond motifs is 5. The molecule has 0 amide bonds. The van der Waals surface area contributed by atoms with Crippen LogP contribution in [0.2, 0.25) is 0 Å². The van der Waals surface area contributed by atoms with Crippen molar-refractivity contribution in [1.82, 2.24) is 24.3 Å². The zero-order valence-corrected chi connectivity index (χ0v) is 15.2. The van der Waals surface area contributed by atoms with Gasteiger partial charge in [0.05, 0.1) is 17.9 Å². The maximum Gasteiger partial charge on any atom is 0.171 e. The summed E-state index contributed by atoms with van der Waals surface area (Å²) in [5.74, 6) is 2.23. The van der Waals surface area contributed by atoms with Crippen LogP contribution in [-0.2, 0) is 13.2 Å². The van der Waals surface area contributed by atoms with Crippen LogP contribution in [-0.4, -0.2) is 24.3 Å². The van der Waals surface area contributed by atoms with Crippen molar-refractivity contribution in [3.05, 3.63) is 77.6 Å². The van der Waals surface area contributed by atoms with Gasteiger partial charge in [-0.05, 0) is 31.2 Å². The summed E-state index contributed by atoms with van der Waals surface area (Å²) in [7, 11) is 0. The highest BCUT2D eigenvalue weighted by Crippen LogP contribution is 2.33. The smallest absolute Gasteiger partial charge is 0.171 e. The van der Waals surface area contributed by atoms with Gasteiger partial charge in [-0.15, -0.1) is 10.2 Å². The number of nitriles is 1. The third-order valence-electron chi connectivity index (χ3n) is 4.87. The molecule has 0 bridgehead atoms. The van der Waals surface area contributed by atoms with Crippen LogP contribution in [0.4, 0.5) is 0 Å². The van der Waals surface area contributed by atoms with Crippen LogP contribution < -0.4 is 4.74 Å². The Morgan fingerprint density at radius 3 is 2.82 bits per heavy atom. The Bertz CT molecular complexity index is 1220. The molecular weight excluding hydrogens is 352 g/mol. The topological polar surface area (TPSA) is 81.6 Å². The van der Waals surface area contributed by atoms with Crippen LogP contribution in [0.25, 0.3) is 17.1 Å². The van der Waals surface area contributed by atoms with Gasteiger partial charge in [0.25, 0.3) is 0 Å². The fourth-order valence-electron chi connectivity index (χ4n) is 3.49. The van der Waals surface area contributed by atoms with Gasteiger partial charge in [0.1, 0.15) is 24.8 Å². The SMILES string of the molecule is Cc1ccc2c(c1)-c1nnc(COc3ccccc3)n1Cc1c(C#N)ncn1-2. The van der Waals surface area contributed by atoms with Gasteiger partial charge in [0, 0.05) is 5.56 Å². The molecule has 0 fully saturated rings. The van der Waals surface area contributed by atoms with E-state index in [4.69, 9.17) is 4.74 Å². The van der Waals surface area contributed by atoms with E-state index in [1.54, 1.807) is 6.33 Å². The summed E-state index contributed by atoms with van der Waals surface area (Å²) in [6, 6.07) is 17.9. The van der Waals surface area contributed by atoms with Gasteiger partial charge in [-0.1, -0.05) is 29.8 Å². The van der Waals surface area contributed by atoms with E-state index in [0.717, 1.165) is 34.1 Å². The molecule has 4 aromatic rings. The molecule has 0 saturated carbocycles. The minimum Gasteiger partial charge on any atom is -0.486 e. The first-order valence-corrected chi connectivity index (χ1v) is 8.92. The highest BCUT2D eigenvalue weighted by atomic mass is 16.5. The average Bonchev–Trinajstić information content (AvgIpc) is 3.28. The Morgan fingerprint density at radius 1 is 1.14 bits per heavy atom. The number of rotatable bonds is 3. The quantitative estimate of drug-likeness (QED) is 0.488. The molecule has 0 unspecified atom stereocenters. The monoisotopic (exact) mass is 368 g/mol. The van der Waals surface area contributed by atoms with Gasteiger partial charge >= 0.3 is 0 Å². The van der Waals surface area contributed by atoms with Crippen molar-refractivity contribution >= 4 is 0 Å². The molecule has 0 saturated heterocycles. The number of aryl methyl sites for hydroxylation is 1. The van der Waals surface area contributed by atoms with Crippen molar-refractivity contribution in [3.8, 4) is 28.9 Å². The number of para-hydroxylation sites is 1. The molecule has 0 atom stereocenters. The number of hydrogen-bond acceptors (Lipinski definition) is 5. The summed E-state index contributed by atoms with van der Waals surface area (Å²) in [5.41, 5.74) is 4.24. The molecule has 136 valence electrons. The Morgan fingerprint density at radius 2 is 2.00 bits per heavy atom. The predicted octanol–water partition coefficient (Wildman–Crippen LogP) is 3.25. The van der Waals surface area contributed by atoms with E-state index in [-0.39, 0.29) is 6.61 Å². The summed E-state index contributed by atoms with van der Waals surface area (Å²) < 4.78 is 9.85. The number of aromatic nitrogens is 5. The molecule has 0 spiro atoms. The van der Waals surface area contributed by atoms with Crippen LogP contribution in [0, 0.1) is 18.3 Å². The van der Waals surface area contributed by atoms with Crippen LogP contribution in [0.15, 0.2) is 54.9 Å². The molecule has 1 aliphatic heterocycles. The molecule has 1 aliphatic rings. The Kier molecular flexibility index (Phi) is 3.69. The zero-order chi connectivity index (χ0) is 19.1. The van der Waals surface area contributed by atoms with E-state index in [1.165, 1.54) is 0 Å². The molecule has 2 aromatic heterocycles. The molecule has 5 rings (SSSR count). The van der Waals surface area contributed by atoms with E-state index in [0.29, 0.717) is 18.1 Å². The Labute approximate surface area is 161 Å². The standard InChI is InChI=1S/C21H16N6O/c1-14-7-8-18-16(9-14)21-25-24-20(12-28-15-5-3-2-4-6-15)26(21)11-19-17(10-22)23-13-27(18)19/h2-9,13H,11-12H2,1H3. The van der Waals surface area contributed by atoms with Gasteiger partial charge < -0.3 is 9.30 Å². The van der Waals surface area contributed by atoms with Gasteiger partial charge in [0.2, 0.25) is 0 Å². The van der Waals surface area contributed by atoms with E-state index >= 15 is 0 Å². The number of nitrogens with zero attached hydrogens (tertiary/aromatic N) is 6. The molecule has 0 aliphatic carbocycles. The minimum atomic E-state index is 0.286. The normalized spacial score (nSPS) is 11.7. The van der Waals surface area contributed by atoms with Gasteiger partial charge in [-0.2, -0.15) is 5.26 Å². The molecule has 7 heteroatoms. The summed E-state index contributed by atoms with van der Waals surface area (Å²) in [6.45, 7) is 2.78. The first kappa shape index (κ1) is 16.3. The van der Waals surface area contributed by atoms with Gasteiger partial charge in [0.15, 0.2) is 17.3 Å². The third kappa shape index (κ3) is 2.55. The lowest BCUT2D eigenvalue weighted by atomic mass is 10.1. The maximum absolute atomic E-state index is 9.50. The number of hydrogen-bond donors (Lipinski definition) is 0. The lowest BCUT2D eigenvalue weighted by molar-refractivity contribution is 0.290. The minimum absolute atomic E-state index is 0.286. The highest BCUT2D eigenvalue weighted by molar-refractivity contribution is 5.70. The van der Waals surface area contributed by atoms with Gasteiger partial charge in [-0.3, -0.25) is 4.57 Å². The summed E-state index contributed by atoms with van der Waals surface area (Å²) in [4.78, 5) is 4.28.